The molecule has 0 aromatic carbocycles. The Labute approximate surface area is 75.7 Å². The summed E-state index contributed by atoms with van der Waals surface area (Å²) in [5.41, 5.74) is 5.86. The fraction of sp³-hybridized carbons (Fsp3) is 0.333. The molecular weight excluding hydrogens is 168 g/mol. The highest BCUT2D eigenvalue weighted by Gasteiger charge is 2.26. The van der Waals surface area contributed by atoms with Crippen molar-refractivity contribution in [3.05, 3.63) is 23.8 Å². The van der Waals surface area contributed by atoms with Gasteiger partial charge in [0.1, 0.15) is 0 Å². The highest BCUT2D eigenvalue weighted by Crippen LogP contribution is 2.22. The lowest BCUT2D eigenvalue weighted by molar-refractivity contribution is -0.114. The number of hydrogen-bond acceptors (Lipinski definition) is 4. The molecule has 0 fully saturated rings. The molecule has 13 heavy (non-hydrogen) atoms. The monoisotopic (exact) mass is 178 g/mol. The minimum absolute atomic E-state index is 0.0361. The van der Waals surface area contributed by atoms with Crippen LogP contribution in [0, 0.1) is 5.92 Å². The number of hydrogen-bond donors (Lipinski definition) is 1. The Kier molecular flexibility index (Phi) is 1.98. The first-order valence-electron chi connectivity index (χ1n) is 4.14. The molecule has 2 unspecified atom stereocenters. The zero-order valence-corrected chi connectivity index (χ0v) is 7.01. The van der Waals surface area contributed by atoms with E-state index < -0.39 is 0 Å². The third-order valence-electron chi connectivity index (χ3n) is 2.14. The fourth-order valence-electron chi connectivity index (χ4n) is 1.38. The summed E-state index contributed by atoms with van der Waals surface area (Å²) in [7, 11) is 0. The van der Waals surface area contributed by atoms with Gasteiger partial charge in [-0.15, -0.1) is 0 Å². The van der Waals surface area contributed by atoms with Crippen molar-refractivity contribution in [2.75, 3.05) is 6.54 Å². The van der Waals surface area contributed by atoms with Crippen LogP contribution in [-0.2, 0) is 9.63 Å². The average Bonchev–Trinajstić information content (AvgIpc) is 2.63. The van der Waals surface area contributed by atoms with Gasteiger partial charge in [-0.2, -0.15) is 0 Å². The van der Waals surface area contributed by atoms with Crippen molar-refractivity contribution in [3.8, 4) is 0 Å². The molecule has 0 spiro atoms. The number of rotatable bonds is 2. The quantitative estimate of drug-likeness (QED) is 0.647. The maximum atomic E-state index is 11.2. The van der Waals surface area contributed by atoms with Crippen LogP contribution in [0.2, 0.25) is 0 Å². The molecule has 2 rings (SSSR count). The molecule has 4 heteroatoms. The van der Waals surface area contributed by atoms with Crippen molar-refractivity contribution < 1.29 is 9.63 Å². The summed E-state index contributed by atoms with van der Waals surface area (Å²) >= 11 is 0. The van der Waals surface area contributed by atoms with Crippen LogP contribution in [0.4, 0.5) is 0 Å². The lowest BCUT2D eigenvalue weighted by Crippen LogP contribution is -2.22. The summed E-state index contributed by atoms with van der Waals surface area (Å²) in [6.07, 6.45) is 7.06. The number of nitrogens with two attached hydrogens (primary N) is 1. The topological polar surface area (TPSA) is 64.7 Å². The van der Waals surface area contributed by atoms with Crippen molar-refractivity contribution in [2.45, 2.75) is 6.10 Å². The Hall–Kier alpha value is -1.42. The highest BCUT2D eigenvalue weighted by molar-refractivity contribution is 6.00. The van der Waals surface area contributed by atoms with Crippen molar-refractivity contribution in [3.63, 3.8) is 0 Å². The Morgan fingerprint density at radius 1 is 1.69 bits per heavy atom. The fourth-order valence-corrected chi connectivity index (χ4v) is 1.38. The molecule has 1 heterocycles. The molecule has 0 saturated carbocycles. The Morgan fingerprint density at radius 2 is 2.54 bits per heavy atom. The maximum absolute atomic E-state index is 11.2. The second-order valence-electron chi connectivity index (χ2n) is 3.01. The average molecular weight is 178 g/mol. The molecule has 2 N–H and O–H groups in total. The summed E-state index contributed by atoms with van der Waals surface area (Å²) < 4.78 is 0. The lowest BCUT2D eigenvalue weighted by Gasteiger charge is -2.14. The van der Waals surface area contributed by atoms with Crippen molar-refractivity contribution in [2.24, 2.45) is 16.8 Å². The molecule has 2 atom stereocenters. The van der Waals surface area contributed by atoms with E-state index in [0.717, 1.165) is 0 Å². The maximum Gasteiger partial charge on any atom is 0.176 e. The van der Waals surface area contributed by atoms with Gasteiger partial charge >= 0.3 is 0 Å². The minimum atomic E-state index is -0.115. The van der Waals surface area contributed by atoms with Gasteiger partial charge in [0.05, 0.1) is 18.7 Å². The highest BCUT2D eigenvalue weighted by atomic mass is 16.6. The largest absolute Gasteiger partial charge is 0.388 e. The summed E-state index contributed by atoms with van der Waals surface area (Å²) in [5.74, 6) is 0.111. The van der Waals surface area contributed by atoms with Crippen molar-refractivity contribution in [1.29, 1.82) is 0 Å². The van der Waals surface area contributed by atoms with Crippen molar-refractivity contribution in [1.82, 2.24) is 0 Å². The lowest BCUT2D eigenvalue weighted by atomic mass is 9.93. The molecular formula is C9H10N2O2. The van der Waals surface area contributed by atoms with E-state index >= 15 is 0 Å². The first-order valence-corrected chi connectivity index (χ1v) is 4.14. The van der Waals surface area contributed by atoms with Gasteiger partial charge in [0.25, 0.3) is 0 Å². The van der Waals surface area contributed by atoms with Crippen LogP contribution >= 0.6 is 0 Å². The van der Waals surface area contributed by atoms with E-state index in [9.17, 15) is 4.79 Å². The van der Waals surface area contributed by atoms with E-state index in [2.05, 4.69) is 5.16 Å². The van der Waals surface area contributed by atoms with Gasteiger partial charge in [-0.25, -0.2) is 0 Å². The third-order valence-corrected chi connectivity index (χ3v) is 2.14. The van der Waals surface area contributed by atoms with Crippen LogP contribution in [0.5, 0.6) is 0 Å². The van der Waals surface area contributed by atoms with Crippen LogP contribution in [-0.4, -0.2) is 24.6 Å². The van der Waals surface area contributed by atoms with E-state index in [1.54, 1.807) is 18.4 Å². The number of carbonyl (C=O) groups is 1. The van der Waals surface area contributed by atoms with Crippen LogP contribution < -0.4 is 5.73 Å². The summed E-state index contributed by atoms with van der Waals surface area (Å²) in [6.45, 7) is 0.0361. The Balaban J connectivity index is 2.17. The van der Waals surface area contributed by atoms with Gasteiger partial charge in [-0.05, 0) is 6.08 Å². The van der Waals surface area contributed by atoms with Crippen LogP contribution in [0.3, 0.4) is 0 Å². The molecule has 0 radical (unpaired) electrons. The smallest absolute Gasteiger partial charge is 0.176 e. The first-order chi connectivity index (χ1) is 6.31. The van der Waals surface area contributed by atoms with E-state index in [4.69, 9.17) is 10.6 Å². The van der Waals surface area contributed by atoms with E-state index in [0.29, 0.717) is 5.57 Å². The summed E-state index contributed by atoms with van der Waals surface area (Å²) in [5, 5.41) is 3.68. The number of oxime groups is 1. The molecule has 68 valence electrons. The molecule has 1 aliphatic carbocycles. The van der Waals surface area contributed by atoms with Gasteiger partial charge in [0.15, 0.2) is 11.9 Å². The molecule has 1 aliphatic heterocycles. The number of Topliss-reactive ketones (excluding diaryl/α,β-unsaturated/α-hetero) is 1. The van der Waals surface area contributed by atoms with Crippen LogP contribution in [0.25, 0.3) is 0 Å². The predicted molar refractivity (Wildman–Crippen MR) is 48.1 cm³/mol. The second-order valence-corrected chi connectivity index (χ2v) is 3.01. The summed E-state index contributed by atoms with van der Waals surface area (Å²) in [4.78, 5) is 16.2. The zero-order valence-electron chi connectivity index (χ0n) is 7.01. The number of carbonyl (C=O) groups excluding carboxylic acids is 1. The van der Waals surface area contributed by atoms with Gasteiger partial charge < -0.3 is 10.6 Å². The minimum Gasteiger partial charge on any atom is -0.388 e. The van der Waals surface area contributed by atoms with Crippen LogP contribution in [0.1, 0.15) is 0 Å². The molecule has 0 bridgehead atoms. The third kappa shape index (κ3) is 1.40. The molecule has 0 aromatic heterocycles. The summed E-state index contributed by atoms with van der Waals surface area (Å²) in [6, 6.07) is 0. The van der Waals surface area contributed by atoms with Crippen molar-refractivity contribution >= 4 is 12.0 Å². The Bertz CT molecular complexity index is 318. The molecule has 2 aliphatic rings. The predicted octanol–water partition coefficient (Wildman–Crippen LogP) is 0.0112. The Morgan fingerprint density at radius 3 is 3.31 bits per heavy atom. The van der Waals surface area contributed by atoms with Gasteiger partial charge in [0, 0.05) is 5.57 Å². The molecule has 0 aromatic rings. The standard InChI is InChI=1S/C9H10N2O2/c10-4-8(12)6-1-2-7-5-11-13-9(7)3-6/h1-3,5,7,9H,4,10H2. The van der Waals surface area contributed by atoms with E-state index in [1.807, 2.05) is 6.08 Å². The normalized spacial score (nSPS) is 29.5. The van der Waals surface area contributed by atoms with Gasteiger partial charge in [-0.3, -0.25) is 4.79 Å². The molecule has 4 nitrogen and oxygen atoms in total. The van der Waals surface area contributed by atoms with E-state index in [1.165, 1.54) is 0 Å². The number of ketones is 1. The van der Waals surface area contributed by atoms with Gasteiger partial charge in [-0.1, -0.05) is 17.3 Å². The zero-order chi connectivity index (χ0) is 9.26. The number of allylic oxidation sites excluding steroid dienone is 1. The van der Waals surface area contributed by atoms with Crippen LogP contribution in [0.15, 0.2) is 29.0 Å². The SMILES string of the molecule is NCC(=O)C1=CC2ON=CC2C=C1. The first kappa shape index (κ1) is 8.19. The second kappa shape index (κ2) is 3.14. The molecule has 0 amide bonds. The van der Waals surface area contributed by atoms with E-state index in [-0.39, 0.29) is 24.3 Å². The van der Waals surface area contributed by atoms with Gasteiger partial charge in [0.2, 0.25) is 0 Å². The number of nitrogens with zero attached hydrogens (tertiary/aromatic N) is 1. The molecule has 0 saturated heterocycles. The number of fused-ring (bicyclic) bond motifs is 1.